The number of nitrogens with zero attached hydrogens (tertiary/aromatic N) is 4. The summed E-state index contributed by atoms with van der Waals surface area (Å²) < 4.78 is 2.22. The van der Waals surface area contributed by atoms with Crippen LogP contribution in [0.2, 0.25) is 0 Å². The summed E-state index contributed by atoms with van der Waals surface area (Å²) in [5.74, 6) is 1.97. The monoisotopic (exact) mass is 762 g/mol. The van der Waals surface area contributed by atoms with Gasteiger partial charge in [0.1, 0.15) is 5.82 Å². The second-order valence-corrected chi connectivity index (χ2v) is 17.9. The van der Waals surface area contributed by atoms with Crippen LogP contribution < -0.4 is 0 Å². The molecule has 0 saturated heterocycles. The highest BCUT2D eigenvalue weighted by molar-refractivity contribution is 8.34. The quantitative estimate of drug-likeness (QED) is 0.162. The number of benzene rings is 8. The molecule has 11 rings (SSSR count). The largest absolute Gasteiger partial charge is 0.278 e. The summed E-state index contributed by atoms with van der Waals surface area (Å²) in [6, 6.07) is 76.5. The first-order valence-electron chi connectivity index (χ1n) is 19.8. The van der Waals surface area contributed by atoms with Gasteiger partial charge in [-0.25, -0.2) is 4.98 Å². The molecule has 1 aliphatic carbocycles. The average Bonchev–Trinajstić information content (AvgIpc) is 3.64. The molecule has 2 aromatic heterocycles. The van der Waals surface area contributed by atoms with Gasteiger partial charge in [0, 0.05) is 41.8 Å². The van der Waals surface area contributed by atoms with Crippen LogP contribution in [0.15, 0.2) is 232 Å². The SMILES string of the molecule is c1ccc(S(c2ccccc2)(c2ccccc2)c2cccc(-c3nc(C4Cc5ccccc5-c5ccccc54)nc(-n4c5ccccc5c5ccccc54)n3)c2)cc1. The van der Waals surface area contributed by atoms with Crippen molar-refractivity contribution >= 4 is 31.8 Å². The Labute approximate surface area is 339 Å². The molecule has 0 aliphatic heterocycles. The maximum atomic E-state index is 5.48. The number of hydrogen-bond acceptors (Lipinski definition) is 3. The van der Waals surface area contributed by atoms with Gasteiger partial charge in [0.25, 0.3) is 0 Å². The molecule has 1 aliphatic rings. The Morgan fingerprint density at radius 1 is 0.431 bits per heavy atom. The van der Waals surface area contributed by atoms with Crippen LogP contribution in [-0.4, -0.2) is 19.5 Å². The van der Waals surface area contributed by atoms with Gasteiger partial charge in [-0.1, -0.05) is 152 Å². The lowest BCUT2D eigenvalue weighted by atomic mass is 9.78. The maximum absolute atomic E-state index is 5.48. The highest BCUT2D eigenvalue weighted by Gasteiger charge is 2.34. The fourth-order valence-corrected chi connectivity index (χ4v) is 12.9. The zero-order valence-electron chi connectivity index (χ0n) is 31.7. The zero-order chi connectivity index (χ0) is 38.5. The van der Waals surface area contributed by atoms with Crippen LogP contribution in [0.25, 0.3) is 50.3 Å². The molecule has 5 heteroatoms. The minimum atomic E-state index is -1.93. The molecule has 0 fully saturated rings. The number of fused-ring (bicyclic) bond motifs is 6. The fourth-order valence-electron chi connectivity index (χ4n) is 8.99. The summed E-state index contributed by atoms with van der Waals surface area (Å²) >= 11 is 0. The van der Waals surface area contributed by atoms with Gasteiger partial charge in [-0.15, -0.1) is 10.0 Å². The van der Waals surface area contributed by atoms with E-state index in [0.717, 1.165) is 28.8 Å². The first-order chi connectivity index (χ1) is 28.8. The molecule has 4 nitrogen and oxygen atoms in total. The third kappa shape index (κ3) is 5.50. The lowest BCUT2D eigenvalue weighted by Gasteiger charge is -2.42. The highest BCUT2D eigenvalue weighted by atomic mass is 32.3. The predicted molar refractivity (Wildman–Crippen MR) is 237 cm³/mol. The minimum Gasteiger partial charge on any atom is -0.278 e. The fraction of sp³-hybridized carbons (Fsp3) is 0.0377. The van der Waals surface area contributed by atoms with E-state index in [2.05, 4.69) is 217 Å². The molecule has 276 valence electrons. The van der Waals surface area contributed by atoms with Crippen LogP contribution in [0.3, 0.4) is 0 Å². The van der Waals surface area contributed by atoms with E-state index < -0.39 is 10.0 Å². The van der Waals surface area contributed by atoms with Crippen LogP contribution in [0.5, 0.6) is 0 Å². The molecule has 0 spiro atoms. The third-order valence-corrected chi connectivity index (χ3v) is 15.4. The maximum Gasteiger partial charge on any atom is 0.238 e. The summed E-state index contributed by atoms with van der Waals surface area (Å²) in [6.07, 6.45) is 0.798. The van der Waals surface area contributed by atoms with Gasteiger partial charge in [-0.2, -0.15) is 9.97 Å². The molecule has 0 N–H and O–H groups in total. The van der Waals surface area contributed by atoms with E-state index in [1.807, 2.05) is 0 Å². The van der Waals surface area contributed by atoms with E-state index in [4.69, 9.17) is 15.0 Å². The Bertz CT molecular complexity index is 2950. The zero-order valence-corrected chi connectivity index (χ0v) is 32.5. The lowest BCUT2D eigenvalue weighted by Crippen LogP contribution is -2.18. The molecule has 0 amide bonds. The Balaban J connectivity index is 1.18. The van der Waals surface area contributed by atoms with E-state index in [9.17, 15) is 0 Å². The van der Waals surface area contributed by atoms with Crippen LogP contribution in [0.1, 0.15) is 22.9 Å². The van der Waals surface area contributed by atoms with E-state index in [1.165, 1.54) is 52.6 Å². The Morgan fingerprint density at radius 2 is 0.948 bits per heavy atom. The van der Waals surface area contributed by atoms with Crippen molar-refractivity contribution in [2.24, 2.45) is 0 Å². The minimum absolute atomic E-state index is 0.0643. The number of para-hydroxylation sites is 2. The number of rotatable bonds is 7. The van der Waals surface area contributed by atoms with Crippen LogP contribution in [-0.2, 0) is 6.42 Å². The van der Waals surface area contributed by atoms with Crippen molar-refractivity contribution in [3.8, 4) is 28.5 Å². The van der Waals surface area contributed by atoms with Gasteiger partial charge in [-0.05, 0) is 89.3 Å². The van der Waals surface area contributed by atoms with Gasteiger partial charge in [0.05, 0.1) is 11.0 Å². The van der Waals surface area contributed by atoms with Crippen molar-refractivity contribution in [1.29, 1.82) is 0 Å². The number of aromatic nitrogens is 4. The van der Waals surface area contributed by atoms with Crippen molar-refractivity contribution in [1.82, 2.24) is 19.5 Å². The average molecular weight is 763 g/mol. The highest BCUT2D eigenvalue weighted by Crippen LogP contribution is 2.73. The summed E-state index contributed by atoms with van der Waals surface area (Å²) in [6.45, 7) is 0. The lowest BCUT2D eigenvalue weighted by molar-refractivity contribution is 0.714. The summed E-state index contributed by atoms with van der Waals surface area (Å²) in [4.78, 5) is 21.4. The molecule has 10 aromatic rings. The second-order valence-electron chi connectivity index (χ2n) is 14.8. The molecule has 2 heterocycles. The van der Waals surface area contributed by atoms with Crippen LogP contribution >= 0.6 is 10.0 Å². The second kappa shape index (κ2) is 14.1. The smallest absolute Gasteiger partial charge is 0.238 e. The van der Waals surface area contributed by atoms with Crippen LogP contribution in [0.4, 0.5) is 0 Å². The molecule has 1 atom stereocenters. The van der Waals surface area contributed by atoms with Gasteiger partial charge in [0.2, 0.25) is 5.95 Å². The molecule has 0 bridgehead atoms. The van der Waals surface area contributed by atoms with Gasteiger partial charge in [0.15, 0.2) is 5.82 Å². The summed E-state index contributed by atoms with van der Waals surface area (Å²) in [5, 5.41) is 2.34. The van der Waals surface area contributed by atoms with Crippen molar-refractivity contribution in [2.45, 2.75) is 31.9 Å². The molecule has 8 aromatic carbocycles. The Kier molecular flexibility index (Phi) is 8.34. The number of hydrogen-bond donors (Lipinski definition) is 0. The first-order valence-corrected chi connectivity index (χ1v) is 21.4. The summed E-state index contributed by atoms with van der Waals surface area (Å²) in [7, 11) is -1.93. The standard InChI is InChI=1S/C53H38N4S/c1-4-21-39(22-5-1)58(40-23-6-2-7-24-40,41-25-8-3-9-26-41)42-27-18-20-38(35-42)51-54-52(48-36-37-19-10-11-28-43(37)44-29-12-13-30-45(44)48)56-53(55-51)57-49-33-16-14-31-46(49)47-32-15-17-34-50(47)57/h1-35,48H,36H2. The topological polar surface area (TPSA) is 43.6 Å². The predicted octanol–water partition coefficient (Wildman–Crippen LogP) is 13.3. The van der Waals surface area contributed by atoms with E-state index in [0.29, 0.717) is 11.8 Å². The Morgan fingerprint density at radius 3 is 1.59 bits per heavy atom. The van der Waals surface area contributed by atoms with Crippen molar-refractivity contribution in [3.63, 3.8) is 0 Å². The van der Waals surface area contributed by atoms with E-state index in [-0.39, 0.29) is 5.92 Å². The molecule has 0 saturated carbocycles. The van der Waals surface area contributed by atoms with Crippen molar-refractivity contribution < 1.29 is 0 Å². The van der Waals surface area contributed by atoms with Crippen molar-refractivity contribution in [3.05, 3.63) is 229 Å². The molecule has 0 radical (unpaired) electrons. The van der Waals surface area contributed by atoms with E-state index >= 15 is 0 Å². The Hall–Kier alpha value is -7.08. The van der Waals surface area contributed by atoms with Gasteiger partial charge in [-0.3, -0.25) is 4.57 Å². The first kappa shape index (κ1) is 34.2. The van der Waals surface area contributed by atoms with Gasteiger partial charge >= 0.3 is 0 Å². The molecule has 58 heavy (non-hydrogen) atoms. The third-order valence-electron chi connectivity index (χ3n) is 11.5. The summed E-state index contributed by atoms with van der Waals surface area (Å²) in [5.41, 5.74) is 8.13. The van der Waals surface area contributed by atoms with Crippen molar-refractivity contribution in [2.75, 3.05) is 0 Å². The molecule has 1 unspecified atom stereocenters. The van der Waals surface area contributed by atoms with Gasteiger partial charge < -0.3 is 0 Å². The van der Waals surface area contributed by atoms with Crippen LogP contribution in [0, 0.1) is 0 Å². The molecular formula is C53H38N4S. The molecular weight excluding hydrogens is 725 g/mol. The van der Waals surface area contributed by atoms with E-state index in [1.54, 1.807) is 0 Å². The normalized spacial score (nSPS) is 13.9.